The van der Waals surface area contributed by atoms with Crippen molar-refractivity contribution < 1.29 is 14.3 Å². The zero-order valence-corrected chi connectivity index (χ0v) is 13.6. The first kappa shape index (κ1) is 17.7. The molecule has 1 heterocycles. The first-order valence-corrected chi connectivity index (χ1v) is 8.26. The van der Waals surface area contributed by atoms with Crippen LogP contribution in [0.2, 0.25) is 0 Å². The third-order valence-electron chi connectivity index (χ3n) is 4.24. The molecule has 1 aromatic rings. The molecule has 1 fully saturated rings. The van der Waals surface area contributed by atoms with Crippen LogP contribution >= 0.6 is 0 Å². The van der Waals surface area contributed by atoms with Gasteiger partial charge in [-0.15, -0.1) is 0 Å². The van der Waals surface area contributed by atoms with E-state index in [1.165, 1.54) is 6.07 Å². The summed E-state index contributed by atoms with van der Waals surface area (Å²) in [5.41, 5.74) is 1.09. The van der Waals surface area contributed by atoms with Gasteiger partial charge in [0, 0.05) is 12.6 Å². The van der Waals surface area contributed by atoms with E-state index in [4.69, 9.17) is 0 Å². The third kappa shape index (κ3) is 5.48. The number of nitrogens with zero attached hydrogens (tertiary/aromatic N) is 1. The number of anilines is 1. The van der Waals surface area contributed by atoms with Crippen LogP contribution in [0.15, 0.2) is 18.2 Å². The van der Waals surface area contributed by atoms with Gasteiger partial charge in [-0.1, -0.05) is 6.07 Å². The van der Waals surface area contributed by atoms with Crippen molar-refractivity contribution in [1.82, 2.24) is 10.2 Å². The van der Waals surface area contributed by atoms with Crippen LogP contribution in [-0.2, 0) is 0 Å². The molecule has 0 aromatic heterocycles. The topological polar surface area (TPSA) is 64.6 Å². The first-order valence-electron chi connectivity index (χ1n) is 8.26. The Bertz CT molecular complexity index is 525. The molecule has 5 nitrogen and oxygen atoms in total. The summed E-state index contributed by atoms with van der Waals surface area (Å²) in [6.07, 6.45) is 4.04. The molecule has 23 heavy (non-hydrogen) atoms. The molecule has 0 aliphatic carbocycles. The highest BCUT2D eigenvalue weighted by atomic mass is 19.1. The lowest BCUT2D eigenvalue weighted by molar-refractivity contribution is 0.157. The molecule has 0 saturated carbocycles. The summed E-state index contributed by atoms with van der Waals surface area (Å²) in [4.78, 5) is 14.1. The van der Waals surface area contributed by atoms with E-state index >= 15 is 0 Å². The lowest BCUT2D eigenvalue weighted by Crippen LogP contribution is -2.34. The fraction of sp³-hybridized carbons (Fsp3) is 0.588. The van der Waals surface area contributed by atoms with Gasteiger partial charge in [0.1, 0.15) is 5.82 Å². The van der Waals surface area contributed by atoms with Crippen molar-refractivity contribution in [3.63, 3.8) is 0 Å². The van der Waals surface area contributed by atoms with Crippen LogP contribution in [0, 0.1) is 12.7 Å². The van der Waals surface area contributed by atoms with E-state index in [9.17, 15) is 14.3 Å². The van der Waals surface area contributed by atoms with Gasteiger partial charge in [0.2, 0.25) is 0 Å². The number of hydrogen-bond acceptors (Lipinski definition) is 3. The Morgan fingerprint density at radius 2 is 2.26 bits per heavy atom. The van der Waals surface area contributed by atoms with Gasteiger partial charge in [-0.2, -0.15) is 0 Å². The van der Waals surface area contributed by atoms with Crippen LogP contribution in [0.5, 0.6) is 0 Å². The van der Waals surface area contributed by atoms with Crippen molar-refractivity contribution in [2.75, 3.05) is 31.6 Å². The molecule has 2 amide bonds. The molecular formula is C17H26FN3O2. The van der Waals surface area contributed by atoms with Crippen LogP contribution in [0.3, 0.4) is 0 Å². The average Bonchev–Trinajstić information content (AvgIpc) is 2.98. The SMILES string of the molecule is Cc1ccc(F)c(NC(=O)NCCCCN2CCCC2CO)c1. The molecule has 1 saturated heterocycles. The standard InChI is InChI=1S/C17H26FN3O2/c1-13-6-7-15(18)16(11-13)20-17(23)19-8-2-3-9-21-10-4-5-14(21)12-22/h6-7,11,14,22H,2-5,8-10,12H2,1H3,(H2,19,20,23). The molecule has 2 rings (SSSR count). The number of aliphatic hydroxyl groups is 1. The molecule has 6 heteroatoms. The molecule has 1 unspecified atom stereocenters. The summed E-state index contributed by atoms with van der Waals surface area (Å²) in [5, 5.41) is 14.5. The summed E-state index contributed by atoms with van der Waals surface area (Å²) < 4.78 is 13.5. The quantitative estimate of drug-likeness (QED) is 0.676. The Morgan fingerprint density at radius 3 is 3.04 bits per heavy atom. The highest BCUT2D eigenvalue weighted by Gasteiger charge is 2.22. The number of carbonyl (C=O) groups excluding carboxylic acids is 1. The van der Waals surface area contributed by atoms with E-state index in [0.29, 0.717) is 12.6 Å². The van der Waals surface area contributed by atoms with E-state index in [0.717, 1.165) is 44.3 Å². The van der Waals surface area contributed by atoms with Crippen LogP contribution < -0.4 is 10.6 Å². The van der Waals surface area contributed by atoms with Gasteiger partial charge in [-0.3, -0.25) is 4.90 Å². The zero-order valence-electron chi connectivity index (χ0n) is 13.6. The van der Waals surface area contributed by atoms with E-state index in [2.05, 4.69) is 15.5 Å². The maximum atomic E-state index is 13.5. The van der Waals surface area contributed by atoms with Gasteiger partial charge in [0.15, 0.2) is 0 Å². The van der Waals surface area contributed by atoms with Crippen molar-refractivity contribution in [3.05, 3.63) is 29.6 Å². The fourth-order valence-electron chi connectivity index (χ4n) is 2.94. The molecule has 1 atom stereocenters. The average molecular weight is 323 g/mol. The Kier molecular flexibility index (Phi) is 6.80. The van der Waals surface area contributed by atoms with Crippen LogP contribution in [0.4, 0.5) is 14.9 Å². The number of amides is 2. The van der Waals surface area contributed by atoms with Gasteiger partial charge in [0.25, 0.3) is 0 Å². The summed E-state index contributed by atoms with van der Waals surface area (Å²) in [6.45, 7) is 4.62. The molecule has 0 radical (unpaired) electrons. The van der Waals surface area contributed by atoms with Gasteiger partial charge in [0.05, 0.1) is 12.3 Å². The monoisotopic (exact) mass is 323 g/mol. The summed E-state index contributed by atoms with van der Waals surface area (Å²) in [6, 6.07) is 4.53. The van der Waals surface area contributed by atoms with E-state index in [-0.39, 0.29) is 18.3 Å². The third-order valence-corrected chi connectivity index (χ3v) is 4.24. The number of likely N-dealkylation sites (tertiary alicyclic amines) is 1. The second-order valence-corrected chi connectivity index (χ2v) is 6.09. The van der Waals surface area contributed by atoms with Crippen molar-refractivity contribution in [2.45, 2.75) is 38.6 Å². The molecular weight excluding hydrogens is 297 g/mol. The minimum Gasteiger partial charge on any atom is -0.395 e. The number of unbranched alkanes of at least 4 members (excludes halogenated alkanes) is 1. The molecule has 1 aliphatic heterocycles. The maximum Gasteiger partial charge on any atom is 0.319 e. The Labute approximate surface area is 136 Å². The number of urea groups is 1. The maximum absolute atomic E-state index is 13.5. The van der Waals surface area contributed by atoms with Crippen molar-refractivity contribution in [3.8, 4) is 0 Å². The van der Waals surface area contributed by atoms with Crippen LogP contribution in [0.1, 0.15) is 31.2 Å². The van der Waals surface area contributed by atoms with E-state index in [1.54, 1.807) is 12.1 Å². The highest BCUT2D eigenvalue weighted by molar-refractivity contribution is 5.89. The number of aliphatic hydroxyl groups excluding tert-OH is 1. The summed E-state index contributed by atoms with van der Waals surface area (Å²) >= 11 is 0. The minimum absolute atomic E-state index is 0.199. The molecule has 0 spiro atoms. The fourth-order valence-corrected chi connectivity index (χ4v) is 2.94. The minimum atomic E-state index is -0.435. The first-order chi connectivity index (χ1) is 11.1. The van der Waals surface area contributed by atoms with Gasteiger partial charge in [-0.25, -0.2) is 9.18 Å². The molecule has 1 aromatic carbocycles. The van der Waals surface area contributed by atoms with E-state index in [1.807, 2.05) is 6.92 Å². The largest absolute Gasteiger partial charge is 0.395 e. The van der Waals surface area contributed by atoms with Crippen molar-refractivity contribution in [2.24, 2.45) is 0 Å². The molecule has 0 bridgehead atoms. The summed E-state index contributed by atoms with van der Waals surface area (Å²) in [7, 11) is 0. The summed E-state index contributed by atoms with van der Waals surface area (Å²) in [5.74, 6) is -0.435. The van der Waals surface area contributed by atoms with Crippen LogP contribution in [0.25, 0.3) is 0 Å². The lowest BCUT2D eigenvalue weighted by Gasteiger charge is -2.22. The molecule has 3 N–H and O–H groups in total. The molecule has 1 aliphatic rings. The number of hydrogen-bond donors (Lipinski definition) is 3. The smallest absolute Gasteiger partial charge is 0.319 e. The van der Waals surface area contributed by atoms with Crippen molar-refractivity contribution >= 4 is 11.7 Å². The predicted molar refractivity (Wildman–Crippen MR) is 89.1 cm³/mol. The number of carbonyl (C=O) groups is 1. The van der Waals surface area contributed by atoms with Crippen LogP contribution in [-0.4, -0.2) is 48.3 Å². The van der Waals surface area contributed by atoms with E-state index < -0.39 is 5.82 Å². The predicted octanol–water partition coefficient (Wildman–Crippen LogP) is 2.49. The van der Waals surface area contributed by atoms with Gasteiger partial charge < -0.3 is 15.7 Å². The number of benzene rings is 1. The van der Waals surface area contributed by atoms with Crippen molar-refractivity contribution in [1.29, 1.82) is 0 Å². The lowest BCUT2D eigenvalue weighted by atomic mass is 10.2. The number of halogens is 1. The Hall–Kier alpha value is -1.66. The zero-order chi connectivity index (χ0) is 16.7. The number of nitrogens with one attached hydrogen (secondary N) is 2. The van der Waals surface area contributed by atoms with Gasteiger partial charge >= 0.3 is 6.03 Å². The second-order valence-electron chi connectivity index (χ2n) is 6.09. The van der Waals surface area contributed by atoms with Gasteiger partial charge in [-0.05, 0) is 63.4 Å². The molecule has 128 valence electrons. The number of rotatable bonds is 7. The Balaban J connectivity index is 1.62. The second kappa shape index (κ2) is 8.84. The number of aryl methyl sites for hydroxylation is 1. The Morgan fingerprint density at radius 1 is 1.43 bits per heavy atom. The highest BCUT2D eigenvalue weighted by Crippen LogP contribution is 2.17. The normalized spacial score (nSPS) is 18.1.